The molecule has 6 atom stereocenters. The van der Waals surface area contributed by atoms with E-state index in [-0.39, 0.29) is 19.0 Å². The fourth-order valence-electron chi connectivity index (χ4n) is 2.92. The predicted octanol–water partition coefficient (Wildman–Crippen LogP) is 1.26. The van der Waals surface area contributed by atoms with Crippen molar-refractivity contribution >= 4 is 0 Å². The quantitative estimate of drug-likeness (QED) is 0.355. The fourth-order valence-corrected chi connectivity index (χ4v) is 2.92. The summed E-state index contributed by atoms with van der Waals surface area (Å²) in [7, 11) is 0. The standard InChI is InChI=1S/C22H32O8/c1-4-22(3,27)11-5-6-14(2)12-28-13-17-18(24)19(25)20(26)21(30-17)29-16-9-7-15(23)8-10-16/h4,6-10,17-21,23-27H,1,5,11-13H2,2-3H3. The van der Waals surface area contributed by atoms with Crippen LogP contribution in [0.25, 0.3) is 0 Å². The number of benzene rings is 1. The number of ether oxygens (including phenoxy) is 3. The highest BCUT2D eigenvalue weighted by Crippen LogP contribution is 2.25. The molecule has 0 spiro atoms. The smallest absolute Gasteiger partial charge is 0.229 e. The van der Waals surface area contributed by atoms with Crippen molar-refractivity contribution in [2.75, 3.05) is 13.2 Å². The molecule has 1 fully saturated rings. The lowest BCUT2D eigenvalue weighted by Crippen LogP contribution is -2.60. The normalized spacial score (nSPS) is 29.3. The average molecular weight is 424 g/mol. The number of rotatable bonds is 10. The van der Waals surface area contributed by atoms with E-state index in [1.54, 1.807) is 6.92 Å². The van der Waals surface area contributed by atoms with E-state index in [2.05, 4.69) is 6.58 Å². The number of aromatic hydroxyl groups is 1. The van der Waals surface area contributed by atoms with E-state index in [1.165, 1.54) is 30.3 Å². The highest BCUT2D eigenvalue weighted by Gasteiger charge is 2.45. The first-order valence-corrected chi connectivity index (χ1v) is 9.87. The van der Waals surface area contributed by atoms with E-state index in [0.717, 1.165) is 5.57 Å². The Kier molecular flexibility index (Phi) is 8.84. The first kappa shape index (κ1) is 24.3. The van der Waals surface area contributed by atoms with E-state index in [9.17, 15) is 25.5 Å². The van der Waals surface area contributed by atoms with E-state index in [1.807, 2.05) is 13.0 Å². The van der Waals surface area contributed by atoms with Crippen LogP contribution in [-0.4, -0.2) is 75.1 Å². The second-order valence-corrected chi connectivity index (χ2v) is 7.79. The molecule has 1 aromatic rings. The van der Waals surface area contributed by atoms with Crippen LogP contribution in [-0.2, 0) is 9.47 Å². The average Bonchev–Trinajstić information content (AvgIpc) is 2.71. The number of phenols is 1. The first-order chi connectivity index (χ1) is 14.1. The molecule has 1 heterocycles. The van der Waals surface area contributed by atoms with Gasteiger partial charge in [0.05, 0.1) is 18.8 Å². The SMILES string of the molecule is C=CC(C)(O)CCC=C(C)COCC1OC(Oc2ccc(O)cc2)C(O)C(O)C1O. The van der Waals surface area contributed by atoms with E-state index >= 15 is 0 Å². The van der Waals surface area contributed by atoms with Crippen molar-refractivity contribution in [3.63, 3.8) is 0 Å². The molecule has 0 amide bonds. The minimum atomic E-state index is -1.47. The molecule has 1 aliphatic rings. The molecule has 1 saturated heterocycles. The fraction of sp³-hybridized carbons (Fsp3) is 0.545. The van der Waals surface area contributed by atoms with Crippen LogP contribution in [0.15, 0.2) is 48.6 Å². The molecule has 0 saturated carbocycles. The first-order valence-electron chi connectivity index (χ1n) is 9.87. The van der Waals surface area contributed by atoms with Gasteiger partial charge < -0.3 is 39.7 Å². The summed E-state index contributed by atoms with van der Waals surface area (Å²) in [6.07, 6.45) is -1.72. The van der Waals surface area contributed by atoms with Gasteiger partial charge in [0.1, 0.15) is 35.9 Å². The lowest BCUT2D eigenvalue weighted by Gasteiger charge is -2.40. The summed E-state index contributed by atoms with van der Waals surface area (Å²) in [5, 5.41) is 49.7. The van der Waals surface area contributed by atoms with E-state index in [4.69, 9.17) is 14.2 Å². The summed E-state index contributed by atoms with van der Waals surface area (Å²) in [6, 6.07) is 5.82. The lowest BCUT2D eigenvalue weighted by molar-refractivity contribution is -0.279. The van der Waals surface area contributed by atoms with Crippen molar-refractivity contribution in [2.24, 2.45) is 0 Å². The Labute approximate surface area is 176 Å². The Morgan fingerprint density at radius 3 is 2.47 bits per heavy atom. The molecule has 30 heavy (non-hydrogen) atoms. The topological polar surface area (TPSA) is 129 Å². The van der Waals surface area contributed by atoms with Gasteiger partial charge >= 0.3 is 0 Å². The summed E-state index contributed by atoms with van der Waals surface area (Å²) < 4.78 is 16.7. The zero-order valence-corrected chi connectivity index (χ0v) is 17.3. The third kappa shape index (κ3) is 7.09. The van der Waals surface area contributed by atoms with Crippen molar-refractivity contribution in [1.82, 2.24) is 0 Å². The Hall–Kier alpha value is -1.94. The maximum absolute atomic E-state index is 10.2. The van der Waals surface area contributed by atoms with Crippen molar-refractivity contribution in [2.45, 2.75) is 63.0 Å². The van der Waals surface area contributed by atoms with Gasteiger partial charge in [-0.25, -0.2) is 0 Å². The molecular weight excluding hydrogens is 392 g/mol. The van der Waals surface area contributed by atoms with Gasteiger partial charge in [0, 0.05) is 0 Å². The summed E-state index contributed by atoms with van der Waals surface area (Å²) in [4.78, 5) is 0. The van der Waals surface area contributed by atoms with Crippen molar-refractivity contribution in [3.8, 4) is 11.5 Å². The summed E-state index contributed by atoms with van der Waals surface area (Å²) in [5.41, 5.74) is 0.0268. The van der Waals surface area contributed by atoms with E-state index in [0.29, 0.717) is 18.6 Å². The summed E-state index contributed by atoms with van der Waals surface area (Å²) in [6.45, 7) is 7.44. The highest BCUT2D eigenvalue weighted by molar-refractivity contribution is 5.30. The van der Waals surface area contributed by atoms with Crippen LogP contribution in [0.1, 0.15) is 26.7 Å². The van der Waals surface area contributed by atoms with Gasteiger partial charge in [0.15, 0.2) is 0 Å². The number of hydrogen-bond donors (Lipinski definition) is 5. The zero-order valence-electron chi connectivity index (χ0n) is 17.3. The van der Waals surface area contributed by atoms with Gasteiger partial charge in [-0.05, 0) is 51.0 Å². The molecule has 8 heteroatoms. The second-order valence-electron chi connectivity index (χ2n) is 7.79. The number of aliphatic hydroxyl groups excluding tert-OH is 3. The summed E-state index contributed by atoms with van der Waals surface area (Å²) in [5.74, 6) is 0.389. The Morgan fingerprint density at radius 2 is 1.83 bits per heavy atom. The van der Waals surface area contributed by atoms with Crippen molar-refractivity contribution in [1.29, 1.82) is 0 Å². The lowest BCUT2D eigenvalue weighted by atomic mass is 9.99. The predicted molar refractivity (Wildman–Crippen MR) is 110 cm³/mol. The zero-order chi connectivity index (χ0) is 22.3. The highest BCUT2D eigenvalue weighted by atomic mass is 16.7. The Balaban J connectivity index is 1.86. The van der Waals surface area contributed by atoms with Crippen molar-refractivity contribution in [3.05, 3.63) is 48.6 Å². The van der Waals surface area contributed by atoms with Crippen LogP contribution in [0.4, 0.5) is 0 Å². The van der Waals surface area contributed by atoms with Crippen LogP contribution < -0.4 is 4.74 Å². The third-order valence-corrected chi connectivity index (χ3v) is 4.95. The van der Waals surface area contributed by atoms with Crippen LogP contribution in [0.2, 0.25) is 0 Å². The maximum atomic E-state index is 10.2. The Bertz CT molecular complexity index is 700. The largest absolute Gasteiger partial charge is 0.508 e. The number of phenolic OH excluding ortho intramolecular Hbond substituents is 1. The number of aliphatic hydroxyl groups is 4. The van der Waals surface area contributed by atoms with Crippen LogP contribution in [0, 0.1) is 0 Å². The number of allylic oxidation sites excluding steroid dienone is 1. The maximum Gasteiger partial charge on any atom is 0.229 e. The summed E-state index contributed by atoms with van der Waals surface area (Å²) >= 11 is 0. The third-order valence-electron chi connectivity index (χ3n) is 4.95. The molecule has 1 aliphatic heterocycles. The van der Waals surface area contributed by atoms with Gasteiger partial charge in [0.25, 0.3) is 0 Å². The molecule has 0 radical (unpaired) electrons. The molecule has 1 aromatic carbocycles. The molecule has 168 valence electrons. The monoisotopic (exact) mass is 424 g/mol. The van der Waals surface area contributed by atoms with Crippen LogP contribution in [0.5, 0.6) is 11.5 Å². The molecule has 6 unspecified atom stereocenters. The minimum Gasteiger partial charge on any atom is -0.508 e. The Morgan fingerprint density at radius 1 is 1.17 bits per heavy atom. The molecule has 0 aromatic heterocycles. The second kappa shape index (κ2) is 10.9. The van der Waals surface area contributed by atoms with Crippen LogP contribution in [0.3, 0.4) is 0 Å². The molecule has 2 rings (SSSR count). The van der Waals surface area contributed by atoms with Gasteiger partial charge in [-0.15, -0.1) is 6.58 Å². The van der Waals surface area contributed by atoms with Crippen molar-refractivity contribution < 1.29 is 39.7 Å². The molecule has 0 aliphatic carbocycles. The number of hydrogen-bond acceptors (Lipinski definition) is 8. The van der Waals surface area contributed by atoms with E-state index < -0.39 is 36.3 Å². The molecular formula is C22H32O8. The van der Waals surface area contributed by atoms with Gasteiger partial charge in [0.2, 0.25) is 6.29 Å². The molecule has 5 N–H and O–H groups in total. The van der Waals surface area contributed by atoms with Gasteiger partial charge in [-0.3, -0.25) is 0 Å². The molecule has 8 nitrogen and oxygen atoms in total. The minimum absolute atomic E-state index is 0.0179. The van der Waals surface area contributed by atoms with Gasteiger partial charge in [-0.2, -0.15) is 0 Å². The van der Waals surface area contributed by atoms with Crippen LogP contribution >= 0.6 is 0 Å². The van der Waals surface area contributed by atoms with Gasteiger partial charge in [-0.1, -0.05) is 17.7 Å². The molecule has 0 bridgehead atoms.